The summed E-state index contributed by atoms with van der Waals surface area (Å²) >= 11 is 0. The first-order chi connectivity index (χ1) is 9.92. The molecule has 0 saturated carbocycles. The summed E-state index contributed by atoms with van der Waals surface area (Å²) in [5.41, 5.74) is 1.41. The molecular weight excluding hydrogens is 268 g/mol. The highest BCUT2D eigenvalue weighted by Gasteiger charge is 2.15. The predicted octanol–water partition coefficient (Wildman–Crippen LogP) is 2.92. The third-order valence-electron chi connectivity index (χ3n) is 2.64. The fourth-order valence-corrected chi connectivity index (χ4v) is 1.77. The number of hydrogen-bond acceptors (Lipinski definition) is 3. The molecule has 2 amide bonds. The summed E-state index contributed by atoms with van der Waals surface area (Å²) in [6.07, 6.45) is 3.83. The van der Waals surface area contributed by atoms with Crippen LogP contribution < -0.4 is 10.6 Å². The van der Waals surface area contributed by atoms with E-state index in [9.17, 15) is 9.59 Å². The van der Waals surface area contributed by atoms with Gasteiger partial charge >= 0.3 is 6.09 Å². The van der Waals surface area contributed by atoms with Gasteiger partial charge in [-0.2, -0.15) is 0 Å². The van der Waals surface area contributed by atoms with Crippen LogP contribution in [0.5, 0.6) is 0 Å². The molecule has 0 bridgehead atoms. The van der Waals surface area contributed by atoms with Crippen molar-refractivity contribution in [2.24, 2.45) is 0 Å². The molecule has 0 atom stereocenters. The van der Waals surface area contributed by atoms with Crippen molar-refractivity contribution in [2.75, 3.05) is 11.9 Å². The van der Waals surface area contributed by atoms with Crippen LogP contribution in [-0.4, -0.2) is 24.6 Å². The Balaban J connectivity index is 2.26. The zero-order chi connectivity index (χ0) is 15.7. The van der Waals surface area contributed by atoms with E-state index in [0.717, 1.165) is 24.1 Å². The molecule has 0 aliphatic rings. The number of para-hydroxylation sites is 1. The average molecular weight is 291 g/mol. The van der Waals surface area contributed by atoms with E-state index in [1.54, 1.807) is 0 Å². The molecule has 115 valence electrons. The number of carbonyl (C=O) groups is 2. The minimum atomic E-state index is -0.483. The van der Waals surface area contributed by atoms with Crippen molar-refractivity contribution in [3.05, 3.63) is 36.2 Å². The van der Waals surface area contributed by atoms with Crippen LogP contribution >= 0.6 is 0 Å². The maximum atomic E-state index is 11.4. The largest absolute Gasteiger partial charge is 0.444 e. The van der Waals surface area contributed by atoms with Crippen molar-refractivity contribution in [2.45, 2.75) is 39.2 Å². The van der Waals surface area contributed by atoms with Gasteiger partial charge in [0.05, 0.1) is 0 Å². The summed E-state index contributed by atoms with van der Waals surface area (Å²) in [6, 6.07) is 7.65. The lowest BCUT2D eigenvalue weighted by atomic mass is 10.1. The predicted molar refractivity (Wildman–Crippen MR) is 83.0 cm³/mol. The van der Waals surface area contributed by atoms with Crippen LogP contribution in [0, 0.1) is 6.42 Å². The van der Waals surface area contributed by atoms with Crippen molar-refractivity contribution < 1.29 is 14.3 Å². The molecule has 2 N–H and O–H groups in total. The van der Waals surface area contributed by atoms with Crippen LogP contribution in [0.15, 0.2) is 24.3 Å². The molecule has 0 spiro atoms. The number of nitrogens with one attached hydrogen (secondary N) is 2. The average Bonchev–Trinajstić information content (AvgIpc) is 2.38. The van der Waals surface area contributed by atoms with Gasteiger partial charge in [-0.05, 0) is 51.7 Å². The molecular formula is C16H23N2O3. The maximum absolute atomic E-state index is 11.4. The number of alkyl carbamates (subject to hydrolysis) is 1. The van der Waals surface area contributed by atoms with Crippen LogP contribution in [0.2, 0.25) is 0 Å². The lowest BCUT2D eigenvalue weighted by molar-refractivity contribution is -0.105. The van der Waals surface area contributed by atoms with Crippen molar-refractivity contribution in [1.29, 1.82) is 0 Å². The molecule has 5 heteroatoms. The van der Waals surface area contributed by atoms with Gasteiger partial charge in [0.2, 0.25) is 6.41 Å². The zero-order valence-electron chi connectivity index (χ0n) is 12.8. The molecule has 0 aliphatic carbocycles. The summed E-state index contributed by atoms with van der Waals surface area (Å²) in [6.45, 7) is 5.94. The number of unbranched alkanes of at least 4 members (excludes halogenated alkanes) is 1. The zero-order valence-corrected chi connectivity index (χ0v) is 12.8. The maximum Gasteiger partial charge on any atom is 0.407 e. The highest BCUT2D eigenvalue weighted by molar-refractivity contribution is 5.73. The Labute approximate surface area is 126 Å². The van der Waals surface area contributed by atoms with Crippen molar-refractivity contribution in [3.63, 3.8) is 0 Å². The number of benzene rings is 1. The molecule has 0 heterocycles. The van der Waals surface area contributed by atoms with Gasteiger partial charge < -0.3 is 15.4 Å². The molecule has 1 aromatic carbocycles. The second-order valence-electron chi connectivity index (χ2n) is 5.63. The van der Waals surface area contributed by atoms with E-state index in [0.29, 0.717) is 13.0 Å². The third kappa shape index (κ3) is 7.34. The molecule has 1 aromatic rings. The normalized spacial score (nSPS) is 10.8. The Kier molecular flexibility index (Phi) is 6.72. The topological polar surface area (TPSA) is 67.4 Å². The van der Waals surface area contributed by atoms with E-state index >= 15 is 0 Å². The van der Waals surface area contributed by atoms with Gasteiger partial charge in [0, 0.05) is 12.2 Å². The summed E-state index contributed by atoms with van der Waals surface area (Å²) < 4.78 is 5.13. The molecule has 0 aromatic heterocycles. The number of amides is 2. The van der Waals surface area contributed by atoms with Crippen LogP contribution in [0.3, 0.4) is 0 Å². The number of anilines is 1. The SMILES string of the molecule is CC(C)(C)OC(=O)NC[CH]CCc1ccccc1NC=O. The van der Waals surface area contributed by atoms with E-state index in [-0.39, 0.29) is 0 Å². The van der Waals surface area contributed by atoms with Crippen molar-refractivity contribution >= 4 is 18.2 Å². The standard InChI is InChI=1S/C16H23N2O3/c1-16(2,3)21-15(20)17-11-7-6-9-13-8-4-5-10-14(13)18-12-19/h4-5,7-8,10,12H,6,9,11H2,1-3H3,(H,17,20)(H,18,19). The fourth-order valence-electron chi connectivity index (χ4n) is 1.77. The van der Waals surface area contributed by atoms with Crippen LogP contribution in [0.1, 0.15) is 32.8 Å². The fraction of sp³-hybridized carbons (Fsp3) is 0.438. The Morgan fingerprint density at radius 2 is 2.00 bits per heavy atom. The molecule has 1 rings (SSSR count). The van der Waals surface area contributed by atoms with Gasteiger partial charge in [-0.25, -0.2) is 4.79 Å². The van der Waals surface area contributed by atoms with Crippen LogP contribution in [0.25, 0.3) is 0 Å². The van der Waals surface area contributed by atoms with E-state index < -0.39 is 11.7 Å². The Hall–Kier alpha value is -2.04. The van der Waals surface area contributed by atoms with Crippen LogP contribution in [-0.2, 0) is 16.0 Å². The molecule has 0 fully saturated rings. The summed E-state index contributed by atoms with van der Waals surface area (Å²) in [5.74, 6) is 0. The minimum absolute atomic E-state index is 0.415. The summed E-state index contributed by atoms with van der Waals surface area (Å²) in [4.78, 5) is 21.9. The second-order valence-corrected chi connectivity index (χ2v) is 5.63. The summed E-state index contributed by atoms with van der Waals surface area (Å²) in [5, 5.41) is 5.35. The lowest BCUT2D eigenvalue weighted by Gasteiger charge is -2.19. The minimum Gasteiger partial charge on any atom is -0.444 e. The highest BCUT2D eigenvalue weighted by atomic mass is 16.6. The monoisotopic (exact) mass is 291 g/mol. The van der Waals surface area contributed by atoms with Crippen molar-refractivity contribution in [3.8, 4) is 0 Å². The van der Waals surface area contributed by atoms with Gasteiger partial charge in [0.1, 0.15) is 5.60 Å². The number of hydrogen-bond donors (Lipinski definition) is 2. The van der Waals surface area contributed by atoms with E-state index in [2.05, 4.69) is 10.6 Å². The molecule has 0 saturated heterocycles. The summed E-state index contributed by atoms with van der Waals surface area (Å²) in [7, 11) is 0. The Morgan fingerprint density at radius 1 is 1.29 bits per heavy atom. The van der Waals surface area contributed by atoms with Crippen molar-refractivity contribution in [1.82, 2.24) is 5.32 Å². The number of carbonyl (C=O) groups excluding carboxylic acids is 2. The molecule has 5 nitrogen and oxygen atoms in total. The van der Waals surface area contributed by atoms with E-state index in [4.69, 9.17) is 4.74 Å². The molecule has 0 unspecified atom stereocenters. The quantitative estimate of drug-likeness (QED) is 0.599. The van der Waals surface area contributed by atoms with Crippen LogP contribution in [0.4, 0.5) is 10.5 Å². The van der Waals surface area contributed by atoms with Gasteiger partial charge in [-0.3, -0.25) is 4.79 Å². The Bertz CT molecular complexity index is 467. The second kappa shape index (κ2) is 8.29. The first-order valence-electron chi connectivity index (χ1n) is 6.99. The van der Waals surface area contributed by atoms with Gasteiger partial charge in [-0.15, -0.1) is 0 Å². The smallest absolute Gasteiger partial charge is 0.407 e. The van der Waals surface area contributed by atoms with E-state index in [1.807, 2.05) is 51.5 Å². The number of ether oxygens (including phenoxy) is 1. The number of rotatable bonds is 7. The lowest BCUT2D eigenvalue weighted by Crippen LogP contribution is -2.33. The van der Waals surface area contributed by atoms with E-state index in [1.165, 1.54) is 0 Å². The first kappa shape index (κ1) is 17.0. The molecule has 1 radical (unpaired) electrons. The number of aryl methyl sites for hydroxylation is 1. The first-order valence-corrected chi connectivity index (χ1v) is 6.99. The van der Waals surface area contributed by atoms with Gasteiger partial charge in [-0.1, -0.05) is 18.2 Å². The Morgan fingerprint density at radius 3 is 2.67 bits per heavy atom. The highest BCUT2D eigenvalue weighted by Crippen LogP contribution is 2.16. The van der Waals surface area contributed by atoms with Gasteiger partial charge in [0.25, 0.3) is 0 Å². The van der Waals surface area contributed by atoms with Gasteiger partial charge in [0.15, 0.2) is 0 Å². The third-order valence-corrected chi connectivity index (χ3v) is 2.64. The molecule has 0 aliphatic heterocycles. The molecule has 21 heavy (non-hydrogen) atoms.